The van der Waals surface area contributed by atoms with Gasteiger partial charge in [-0.05, 0) is 62.1 Å². The van der Waals surface area contributed by atoms with E-state index in [0.717, 1.165) is 28.9 Å². The van der Waals surface area contributed by atoms with Gasteiger partial charge in [0.2, 0.25) is 5.91 Å². The van der Waals surface area contributed by atoms with Gasteiger partial charge in [-0.1, -0.05) is 32.4 Å². The van der Waals surface area contributed by atoms with Crippen molar-refractivity contribution in [1.29, 1.82) is 0 Å². The zero-order valence-electron chi connectivity index (χ0n) is 23.5. The summed E-state index contributed by atoms with van der Waals surface area (Å²) in [5.74, 6) is -0.359. The minimum Gasteiger partial charge on any atom is -0.311 e. The number of fused-ring (bicyclic) bond motifs is 1. The van der Waals surface area contributed by atoms with Gasteiger partial charge in [-0.15, -0.1) is 0 Å². The Hall–Kier alpha value is -2.56. The molecule has 2 fully saturated rings. The van der Waals surface area contributed by atoms with E-state index in [9.17, 15) is 22.4 Å². The summed E-state index contributed by atoms with van der Waals surface area (Å²) in [6.45, 7) is 8.63. The predicted octanol–water partition coefficient (Wildman–Crippen LogP) is 4.51. The van der Waals surface area contributed by atoms with Crippen LogP contribution in [0, 0.1) is 5.82 Å². The Morgan fingerprint density at radius 3 is 2.60 bits per heavy atom. The lowest BCUT2D eigenvalue weighted by Crippen LogP contribution is -2.62. The van der Waals surface area contributed by atoms with Crippen molar-refractivity contribution in [2.45, 2.75) is 76.2 Å². The fraction of sp³-hybridized carbons (Fsp3) is 0.600. The summed E-state index contributed by atoms with van der Waals surface area (Å²) in [6, 6.07) is 6.87. The second-order valence-electron chi connectivity index (χ2n) is 12.3. The first kappa shape index (κ1) is 29.0. The van der Waals surface area contributed by atoms with Crippen molar-refractivity contribution in [3.8, 4) is 0 Å². The molecule has 3 aliphatic rings. The van der Waals surface area contributed by atoms with E-state index in [4.69, 9.17) is 4.98 Å². The highest BCUT2D eigenvalue weighted by Gasteiger charge is 2.46. The van der Waals surface area contributed by atoms with Gasteiger partial charge in [-0.2, -0.15) is 13.2 Å². The molecule has 1 N–H and O–H groups in total. The van der Waals surface area contributed by atoms with Gasteiger partial charge in [0.25, 0.3) is 0 Å². The van der Waals surface area contributed by atoms with E-state index < -0.39 is 12.2 Å². The van der Waals surface area contributed by atoms with Gasteiger partial charge in [-0.3, -0.25) is 19.6 Å². The molecule has 1 unspecified atom stereocenters. The summed E-state index contributed by atoms with van der Waals surface area (Å²) < 4.78 is 54.7. The molecule has 40 heavy (non-hydrogen) atoms. The maximum absolute atomic E-state index is 13.8. The first-order valence-electron chi connectivity index (χ1n) is 14.2. The van der Waals surface area contributed by atoms with Crippen LogP contribution in [-0.4, -0.2) is 84.3 Å². The molecule has 0 radical (unpaired) electrons. The zero-order valence-corrected chi connectivity index (χ0v) is 23.5. The lowest BCUT2D eigenvalue weighted by atomic mass is 9.91. The molecule has 4 heterocycles. The number of pyridine rings is 1. The Bertz CT molecular complexity index is 1200. The molecule has 3 atom stereocenters. The number of halogens is 4. The molecule has 1 aromatic carbocycles. The highest BCUT2D eigenvalue weighted by atomic mass is 19.4. The molecule has 0 spiro atoms. The van der Waals surface area contributed by atoms with E-state index in [1.54, 1.807) is 21.9 Å². The fourth-order valence-electron chi connectivity index (χ4n) is 6.45. The molecule has 1 amide bonds. The number of alkyl halides is 3. The van der Waals surface area contributed by atoms with Gasteiger partial charge >= 0.3 is 6.18 Å². The molecule has 6 nitrogen and oxygen atoms in total. The van der Waals surface area contributed by atoms with Crippen LogP contribution in [-0.2, 0) is 16.6 Å². The number of anilines is 1. The Balaban J connectivity index is 1.33. The van der Waals surface area contributed by atoms with Crippen molar-refractivity contribution >= 4 is 11.6 Å². The van der Waals surface area contributed by atoms with E-state index in [1.165, 1.54) is 12.1 Å². The Kier molecular flexibility index (Phi) is 8.23. The van der Waals surface area contributed by atoms with Crippen molar-refractivity contribution in [3.63, 3.8) is 0 Å². The number of amides is 1. The molecule has 0 bridgehead atoms. The average Bonchev–Trinajstić information content (AvgIpc) is 3.17. The second-order valence-corrected chi connectivity index (χ2v) is 12.3. The van der Waals surface area contributed by atoms with E-state index in [0.29, 0.717) is 39.0 Å². The minimum atomic E-state index is -4.25. The summed E-state index contributed by atoms with van der Waals surface area (Å²) >= 11 is 0. The van der Waals surface area contributed by atoms with Crippen molar-refractivity contribution in [2.75, 3.05) is 44.2 Å². The second kappa shape index (κ2) is 11.4. The van der Waals surface area contributed by atoms with Crippen LogP contribution in [0.15, 0.2) is 36.5 Å². The third kappa shape index (κ3) is 6.34. The minimum absolute atomic E-state index is 0.0716. The van der Waals surface area contributed by atoms with Crippen LogP contribution in [0.1, 0.15) is 56.9 Å². The third-order valence-electron chi connectivity index (χ3n) is 8.53. The summed E-state index contributed by atoms with van der Waals surface area (Å²) in [4.78, 5) is 24.0. The van der Waals surface area contributed by atoms with Crippen LogP contribution in [0.2, 0.25) is 0 Å². The molecule has 0 aliphatic carbocycles. The van der Waals surface area contributed by atoms with E-state index in [2.05, 4.69) is 24.1 Å². The average molecular weight is 562 g/mol. The maximum atomic E-state index is 13.8. The predicted molar refractivity (Wildman–Crippen MR) is 147 cm³/mol. The normalized spacial score (nSPS) is 25.7. The summed E-state index contributed by atoms with van der Waals surface area (Å²) in [7, 11) is 0. The molecule has 2 saturated heterocycles. The van der Waals surface area contributed by atoms with Gasteiger partial charge < -0.3 is 10.2 Å². The highest BCUT2D eigenvalue weighted by molar-refractivity contribution is 5.97. The van der Waals surface area contributed by atoms with Gasteiger partial charge in [0.15, 0.2) is 0 Å². The zero-order chi connectivity index (χ0) is 28.7. The SMILES string of the molecule is C[C@@H]1CN(CC(=O)N2CC(C)(C)c3ncc(Cc4ccc(F)cc4)cc32)[C@@H](CN2CCCCC2C(F)(F)F)CN1. The maximum Gasteiger partial charge on any atom is 0.404 e. The molecular formula is C30H39F4N5O. The first-order chi connectivity index (χ1) is 18.9. The van der Waals surface area contributed by atoms with Gasteiger partial charge in [-0.25, -0.2) is 4.39 Å². The van der Waals surface area contributed by atoms with E-state index in [-0.39, 0.29) is 48.7 Å². The number of piperidine rings is 1. The molecule has 2 aromatic rings. The van der Waals surface area contributed by atoms with Crippen molar-refractivity contribution in [1.82, 2.24) is 20.1 Å². The first-order valence-corrected chi connectivity index (χ1v) is 14.2. The van der Waals surface area contributed by atoms with Crippen molar-refractivity contribution in [3.05, 3.63) is 59.2 Å². The van der Waals surface area contributed by atoms with Crippen LogP contribution in [0.5, 0.6) is 0 Å². The van der Waals surface area contributed by atoms with Crippen LogP contribution >= 0.6 is 0 Å². The quantitative estimate of drug-likeness (QED) is 0.526. The number of carbonyl (C=O) groups excluding carboxylic acids is 1. The molecular weight excluding hydrogens is 522 g/mol. The highest BCUT2D eigenvalue weighted by Crippen LogP contribution is 2.40. The summed E-state index contributed by atoms with van der Waals surface area (Å²) in [5.41, 5.74) is 3.19. The van der Waals surface area contributed by atoms with Crippen LogP contribution in [0.25, 0.3) is 0 Å². The number of nitrogens with one attached hydrogen (secondary N) is 1. The van der Waals surface area contributed by atoms with Gasteiger partial charge in [0, 0.05) is 49.9 Å². The Labute approximate surface area is 233 Å². The number of hydrogen-bond donors (Lipinski definition) is 1. The standard InChI is InChI=1S/C30H39F4N5O/c1-20-16-38(24(15-35-20)17-37-11-5-4-6-26(37)30(32,33)34)18-27(40)39-19-29(2,3)28-25(39)13-22(14-36-28)12-21-7-9-23(31)10-8-21/h7-10,13-14,20,24,26,35H,4-6,11-12,15-19H2,1-3H3/t20-,24-,26?/m1/s1. The van der Waals surface area contributed by atoms with Crippen LogP contribution in [0.4, 0.5) is 23.2 Å². The topological polar surface area (TPSA) is 51.7 Å². The molecule has 10 heteroatoms. The summed E-state index contributed by atoms with van der Waals surface area (Å²) in [6.07, 6.45) is -0.386. The number of carbonyl (C=O) groups is 1. The largest absolute Gasteiger partial charge is 0.404 e. The Morgan fingerprint density at radius 1 is 1.12 bits per heavy atom. The number of rotatable bonds is 6. The summed E-state index contributed by atoms with van der Waals surface area (Å²) in [5, 5.41) is 3.40. The van der Waals surface area contributed by atoms with Crippen LogP contribution in [0.3, 0.4) is 0 Å². The molecule has 218 valence electrons. The number of hydrogen-bond acceptors (Lipinski definition) is 5. The van der Waals surface area contributed by atoms with Crippen molar-refractivity contribution < 1.29 is 22.4 Å². The molecule has 5 rings (SSSR count). The van der Waals surface area contributed by atoms with Gasteiger partial charge in [0.05, 0.1) is 17.9 Å². The molecule has 3 aliphatic heterocycles. The van der Waals surface area contributed by atoms with Crippen molar-refractivity contribution in [2.24, 2.45) is 0 Å². The number of benzene rings is 1. The lowest BCUT2D eigenvalue weighted by molar-refractivity contribution is -0.193. The smallest absolute Gasteiger partial charge is 0.311 e. The number of piperazine rings is 1. The van der Waals surface area contributed by atoms with E-state index in [1.807, 2.05) is 19.2 Å². The molecule has 0 saturated carbocycles. The van der Waals surface area contributed by atoms with Crippen LogP contribution < -0.4 is 10.2 Å². The number of aromatic nitrogens is 1. The lowest BCUT2D eigenvalue weighted by Gasteiger charge is -2.44. The number of nitrogens with zero attached hydrogens (tertiary/aromatic N) is 4. The number of likely N-dealkylation sites (tertiary alicyclic amines) is 1. The molecule has 1 aromatic heterocycles. The Morgan fingerprint density at radius 2 is 1.88 bits per heavy atom. The van der Waals surface area contributed by atoms with Gasteiger partial charge in [0.1, 0.15) is 11.9 Å². The van der Waals surface area contributed by atoms with E-state index >= 15 is 0 Å². The third-order valence-corrected chi connectivity index (χ3v) is 8.53. The fourth-order valence-corrected chi connectivity index (χ4v) is 6.45. The monoisotopic (exact) mass is 561 g/mol.